The molecule has 6 nitrogen and oxygen atoms in total. The summed E-state index contributed by atoms with van der Waals surface area (Å²) in [5.41, 5.74) is 1.55. The van der Waals surface area contributed by atoms with Crippen molar-refractivity contribution in [3.63, 3.8) is 0 Å². The number of nitrogens with one attached hydrogen (secondary N) is 1. The Morgan fingerprint density at radius 1 is 1.16 bits per heavy atom. The number of nitrogens with zero attached hydrogens (tertiary/aromatic N) is 2. The first-order valence-electron chi connectivity index (χ1n) is 7.75. The average molecular weight is 360 g/mol. The third-order valence-electron chi connectivity index (χ3n) is 3.83. The number of benzene rings is 2. The number of ether oxygens (including phenoxy) is 2. The summed E-state index contributed by atoms with van der Waals surface area (Å²) >= 11 is 6.13. The Labute approximate surface area is 150 Å². The van der Waals surface area contributed by atoms with E-state index in [-0.39, 0.29) is 12.3 Å². The van der Waals surface area contributed by atoms with Crippen LogP contribution in [0.4, 0.5) is 5.69 Å². The minimum absolute atomic E-state index is 0.122. The number of anilines is 1. The van der Waals surface area contributed by atoms with Crippen molar-refractivity contribution >= 4 is 34.1 Å². The lowest BCUT2D eigenvalue weighted by Crippen LogP contribution is -2.15. The van der Waals surface area contributed by atoms with E-state index in [1.165, 1.54) is 0 Å². The Balaban J connectivity index is 1.67. The molecule has 1 aromatic heterocycles. The molecule has 0 fully saturated rings. The predicted octanol–water partition coefficient (Wildman–Crippen LogP) is 3.74. The van der Waals surface area contributed by atoms with Gasteiger partial charge in [0.1, 0.15) is 0 Å². The molecule has 25 heavy (non-hydrogen) atoms. The molecule has 0 aliphatic rings. The van der Waals surface area contributed by atoms with Gasteiger partial charge in [0, 0.05) is 23.6 Å². The SMILES string of the molecule is COc1ccc(NC(=O)CCn2nc(Cl)c3ccccc32)cc1OC. The minimum Gasteiger partial charge on any atom is -0.493 e. The van der Waals surface area contributed by atoms with E-state index in [2.05, 4.69) is 10.4 Å². The van der Waals surface area contributed by atoms with Crippen LogP contribution in [0.3, 0.4) is 0 Å². The van der Waals surface area contributed by atoms with E-state index in [0.717, 1.165) is 10.9 Å². The van der Waals surface area contributed by atoms with Crippen molar-refractivity contribution in [1.29, 1.82) is 0 Å². The smallest absolute Gasteiger partial charge is 0.226 e. The summed E-state index contributed by atoms with van der Waals surface area (Å²) in [6, 6.07) is 12.9. The predicted molar refractivity (Wildman–Crippen MR) is 97.5 cm³/mol. The Hall–Kier alpha value is -2.73. The van der Waals surface area contributed by atoms with Gasteiger partial charge in [-0.15, -0.1) is 0 Å². The molecule has 3 aromatic rings. The first-order chi connectivity index (χ1) is 12.1. The Morgan fingerprint density at radius 2 is 1.92 bits per heavy atom. The van der Waals surface area contributed by atoms with E-state index in [9.17, 15) is 4.79 Å². The summed E-state index contributed by atoms with van der Waals surface area (Å²) in [6.45, 7) is 0.437. The molecule has 3 rings (SSSR count). The summed E-state index contributed by atoms with van der Waals surface area (Å²) in [7, 11) is 3.12. The third kappa shape index (κ3) is 3.69. The summed E-state index contributed by atoms with van der Waals surface area (Å²) in [5.74, 6) is 1.05. The number of amides is 1. The van der Waals surface area contributed by atoms with Crippen LogP contribution in [-0.2, 0) is 11.3 Å². The van der Waals surface area contributed by atoms with E-state index in [4.69, 9.17) is 21.1 Å². The van der Waals surface area contributed by atoms with Crippen LogP contribution in [0.5, 0.6) is 11.5 Å². The molecule has 1 heterocycles. The van der Waals surface area contributed by atoms with Crippen molar-refractivity contribution in [2.75, 3.05) is 19.5 Å². The fraction of sp³-hybridized carbons (Fsp3) is 0.222. The topological polar surface area (TPSA) is 65.4 Å². The maximum absolute atomic E-state index is 12.2. The molecule has 1 N–H and O–H groups in total. The van der Waals surface area contributed by atoms with E-state index < -0.39 is 0 Å². The molecule has 0 aliphatic carbocycles. The van der Waals surface area contributed by atoms with E-state index in [0.29, 0.717) is 28.9 Å². The number of methoxy groups -OCH3 is 2. The highest BCUT2D eigenvalue weighted by Gasteiger charge is 2.11. The summed E-state index contributed by atoms with van der Waals surface area (Å²) in [6.07, 6.45) is 0.274. The van der Waals surface area contributed by atoms with Crippen molar-refractivity contribution < 1.29 is 14.3 Å². The molecule has 1 amide bonds. The van der Waals surface area contributed by atoms with Gasteiger partial charge in [0.2, 0.25) is 5.91 Å². The zero-order valence-electron chi connectivity index (χ0n) is 14.0. The molecule has 0 radical (unpaired) electrons. The maximum atomic E-state index is 12.2. The lowest BCUT2D eigenvalue weighted by atomic mass is 10.2. The highest BCUT2D eigenvalue weighted by molar-refractivity contribution is 6.34. The molecule has 0 aliphatic heterocycles. The first kappa shape index (κ1) is 17.1. The molecule has 0 saturated heterocycles. The van der Waals surface area contributed by atoms with Gasteiger partial charge in [-0.05, 0) is 24.3 Å². The zero-order valence-corrected chi connectivity index (χ0v) is 14.7. The maximum Gasteiger partial charge on any atom is 0.226 e. The van der Waals surface area contributed by atoms with Crippen LogP contribution in [0.1, 0.15) is 6.42 Å². The molecule has 0 unspecified atom stereocenters. The van der Waals surface area contributed by atoms with Crippen LogP contribution < -0.4 is 14.8 Å². The van der Waals surface area contributed by atoms with Crippen LogP contribution in [0.15, 0.2) is 42.5 Å². The van der Waals surface area contributed by atoms with Gasteiger partial charge >= 0.3 is 0 Å². The molecule has 0 spiro atoms. The number of carbonyl (C=O) groups excluding carboxylic acids is 1. The number of hydrogen-bond donors (Lipinski definition) is 1. The zero-order chi connectivity index (χ0) is 17.8. The van der Waals surface area contributed by atoms with Gasteiger partial charge in [-0.3, -0.25) is 9.48 Å². The molecule has 0 saturated carbocycles. The number of aromatic nitrogens is 2. The fourth-order valence-electron chi connectivity index (χ4n) is 2.60. The Bertz CT molecular complexity index is 908. The fourth-order valence-corrected chi connectivity index (χ4v) is 2.85. The largest absolute Gasteiger partial charge is 0.493 e. The standard InChI is InChI=1S/C18H18ClN3O3/c1-24-15-8-7-12(11-16(15)25-2)20-17(23)9-10-22-14-6-4-3-5-13(14)18(19)21-22/h3-8,11H,9-10H2,1-2H3,(H,20,23). The van der Waals surface area contributed by atoms with Crippen molar-refractivity contribution in [3.05, 3.63) is 47.6 Å². The minimum atomic E-state index is -0.122. The van der Waals surface area contributed by atoms with Gasteiger partial charge in [-0.25, -0.2) is 0 Å². The number of rotatable bonds is 6. The average Bonchev–Trinajstić information content (AvgIpc) is 2.96. The summed E-state index contributed by atoms with van der Waals surface area (Å²) in [4.78, 5) is 12.2. The Kier molecular flexibility index (Phi) is 5.09. The van der Waals surface area contributed by atoms with Crippen molar-refractivity contribution in [2.24, 2.45) is 0 Å². The van der Waals surface area contributed by atoms with E-state index in [1.807, 2.05) is 24.3 Å². The number of aryl methyl sites for hydroxylation is 1. The van der Waals surface area contributed by atoms with Gasteiger partial charge in [-0.1, -0.05) is 23.7 Å². The molecular weight excluding hydrogens is 342 g/mol. The molecule has 130 valence electrons. The highest BCUT2D eigenvalue weighted by Crippen LogP contribution is 2.29. The third-order valence-corrected chi connectivity index (χ3v) is 4.11. The second kappa shape index (κ2) is 7.44. The van der Waals surface area contributed by atoms with Crippen LogP contribution in [0.2, 0.25) is 5.15 Å². The molecule has 2 aromatic carbocycles. The van der Waals surface area contributed by atoms with Crippen LogP contribution >= 0.6 is 11.6 Å². The first-order valence-corrected chi connectivity index (χ1v) is 8.13. The van der Waals surface area contributed by atoms with E-state index >= 15 is 0 Å². The van der Waals surface area contributed by atoms with Crippen LogP contribution in [-0.4, -0.2) is 29.9 Å². The quantitative estimate of drug-likeness (QED) is 0.728. The molecule has 0 atom stereocenters. The number of halogens is 1. The van der Waals surface area contributed by atoms with Crippen LogP contribution in [0.25, 0.3) is 10.9 Å². The summed E-state index contributed by atoms with van der Waals surface area (Å²) < 4.78 is 12.2. The second-order valence-electron chi connectivity index (χ2n) is 5.40. The van der Waals surface area contributed by atoms with Gasteiger partial charge in [0.05, 0.1) is 26.3 Å². The Morgan fingerprint density at radius 3 is 2.68 bits per heavy atom. The number of para-hydroxylation sites is 1. The molecule has 0 bridgehead atoms. The van der Waals surface area contributed by atoms with Crippen molar-refractivity contribution in [3.8, 4) is 11.5 Å². The highest BCUT2D eigenvalue weighted by atomic mass is 35.5. The number of fused-ring (bicyclic) bond motifs is 1. The normalized spacial score (nSPS) is 10.7. The van der Waals surface area contributed by atoms with Crippen molar-refractivity contribution in [1.82, 2.24) is 9.78 Å². The lowest BCUT2D eigenvalue weighted by molar-refractivity contribution is -0.116. The van der Waals surface area contributed by atoms with E-state index in [1.54, 1.807) is 37.1 Å². The van der Waals surface area contributed by atoms with Gasteiger partial charge in [0.25, 0.3) is 0 Å². The molecule has 7 heteroatoms. The lowest BCUT2D eigenvalue weighted by Gasteiger charge is -2.10. The van der Waals surface area contributed by atoms with Crippen molar-refractivity contribution in [2.45, 2.75) is 13.0 Å². The van der Waals surface area contributed by atoms with Crippen LogP contribution in [0, 0.1) is 0 Å². The number of carbonyl (C=O) groups is 1. The summed E-state index contributed by atoms with van der Waals surface area (Å²) in [5, 5.41) is 8.45. The number of hydrogen-bond acceptors (Lipinski definition) is 4. The second-order valence-corrected chi connectivity index (χ2v) is 5.76. The van der Waals surface area contributed by atoms with Gasteiger partial charge in [-0.2, -0.15) is 5.10 Å². The molecular formula is C18H18ClN3O3. The van der Waals surface area contributed by atoms with Gasteiger partial charge in [0.15, 0.2) is 16.7 Å². The van der Waals surface area contributed by atoms with Gasteiger partial charge < -0.3 is 14.8 Å². The monoisotopic (exact) mass is 359 g/mol.